The highest BCUT2D eigenvalue weighted by molar-refractivity contribution is 5.85. The van der Waals surface area contributed by atoms with Gasteiger partial charge in [0.25, 0.3) is 0 Å². The normalized spacial score (nSPS) is 22.6. The van der Waals surface area contributed by atoms with Crippen LogP contribution in [0.15, 0.2) is 24.4 Å². The van der Waals surface area contributed by atoms with Crippen molar-refractivity contribution < 1.29 is 10.2 Å². The zero-order valence-corrected chi connectivity index (χ0v) is 15.7. The van der Waals surface area contributed by atoms with Gasteiger partial charge in [0.05, 0.1) is 11.3 Å². The number of nitrogens with zero attached hydrogens (tertiary/aromatic N) is 3. The Morgan fingerprint density at radius 1 is 1.15 bits per heavy atom. The highest BCUT2D eigenvalue weighted by atomic mass is 16.3. The fourth-order valence-corrected chi connectivity index (χ4v) is 4.14. The molecule has 26 heavy (non-hydrogen) atoms. The molecule has 0 aliphatic heterocycles. The van der Waals surface area contributed by atoms with E-state index in [4.69, 9.17) is 0 Å². The molecule has 0 saturated heterocycles. The maximum atomic E-state index is 10.5. The number of phenols is 1. The van der Waals surface area contributed by atoms with Crippen LogP contribution in [-0.4, -0.2) is 30.6 Å². The van der Waals surface area contributed by atoms with E-state index >= 15 is 0 Å². The van der Waals surface area contributed by atoms with E-state index in [1.165, 1.54) is 0 Å². The lowest BCUT2D eigenvalue weighted by atomic mass is 9.77. The van der Waals surface area contributed by atoms with Crippen molar-refractivity contribution in [2.24, 2.45) is 0 Å². The number of aromatic hydroxyl groups is 1. The Balaban J connectivity index is 1.79. The van der Waals surface area contributed by atoms with Crippen LogP contribution in [-0.2, 0) is 6.42 Å². The molecule has 0 bridgehead atoms. The molecule has 1 saturated carbocycles. The molecule has 5 heteroatoms. The Morgan fingerprint density at radius 2 is 1.88 bits per heavy atom. The maximum Gasteiger partial charge on any atom is 0.163 e. The number of phenolic OH excluding ortho intramolecular Hbond substituents is 1. The summed E-state index contributed by atoms with van der Waals surface area (Å²) in [6.45, 7) is 8.00. The number of rotatable bonds is 3. The second-order valence-corrected chi connectivity index (χ2v) is 7.91. The lowest BCUT2D eigenvalue weighted by molar-refractivity contribution is -0.0498. The van der Waals surface area contributed by atoms with E-state index in [0.717, 1.165) is 52.5 Å². The number of aliphatic hydroxyl groups is 1. The summed E-state index contributed by atoms with van der Waals surface area (Å²) >= 11 is 0. The average molecular weight is 351 g/mol. The molecule has 1 aliphatic carbocycles. The molecule has 1 aliphatic rings. The molecular weight excluding hydrogens is 326 g/mol. The molecule has 4 rings (SSSR count). The molecule has 0 spiro atoms. The monoisotopic (exact) mass is 351 g/mol. The molecule has 1 fully saturated rings. The fraction of sp³-hybridized carbons (Fsp3) is 0.429. The van der Waals surface area contributed by atoms with Gasteiger partial charge in [-0.1, -0.05) is 13.0 Å². The molecular formula is C21H25N3O2. The zero-order chi connectivity index (χ0) is 18.6. The third-order valence-electron chi connectivity index (χ3n) is 5.56. The van der Waals surface area contributed by atoms with Crippen LogP contribution in [0.5, 0.6) is 5.75 Å². The van der Waals surface area contributed by atoms with E-state index in [0.29, 0.717) is 5.69 Å². The lowest BCUT2D eigenvalue weighted by Crippen LogP contribution is -2.41. The Morgan fingerprint density at radius 3 is 2.50 bits per heavy atom. The van der Waals surface area contributed by atoms with Crippen molar-refractivity contribution in [3.8, 4) is 17.0 Å². The van der Waals surface area contributed by atoms with E-state index in [2.05, 4.69) is 40.9 Å². The van der Waals surface area contributed by atoms with Crippen molar-refractivity contribution >= 4 is 11.0 Å². The van der Waals surface area contributed by atoms with E-state index < -0.39 is 5.60 Å². The molecule has 5 nitrogen and oxygen atoms in total. The van der Waals surface area contributed by atoms with Gasteiger partial charge in [0, 0.05) is 23.2 Å². The molecule has 3 aromatic rings. The molecule has 0 radical (unpaired) electrons. The van der Waals surface area contributed by atoms with Crippen molar-refractivity contribution in [1.82, 2.24) is 14.8 Å². The molecule has 136 valence electrons. The van der Waals surface area contributed by atoms with E-state index in [1.807, 2.05) is 26.0 Å². The van der Waals surface area contributed by atoms with E-state index in [-0.39, 0.29) is 11.8 Å². The number of hydrogen-bond donors (Lipinski definition) is 2. The van der Waals surface area contributed by atoms with Crippen molar-refractivity contribution in [3.05, 3.63) is 41.1 Å². The second-order valence-electron chi connectivity index (χ2n) is 7.91. The van der Waals surface area contributed by atoms with Gasteiger partial charge >= 0.3 is 0 Å². The van der Waals surface area contributed by atoms with Crippen LogP contribution in [0.2, 0.25) is 0 Å². The van der Waals surface area contributed by atoms with Gasteiger partial charge in [-0.3, -0.25) is 0 Å². The first-order valence-corrected chi connectivity index (χ1v) is 9.19. The third kappa shape index (κ3) is 2.67. The van der Waals surface area contributed by atoms with Crippen LogP contribution in [0.25, 0.3) is 22.3 Å². The minimum atomic E-state index is -0.577. The van der Waals surface area contributed by atoms with Crippen molar-refractivity contribution in [2.45, 2.75) is 58.6 Å². The number of aryl methyl sites for hydroxylation is 3. The Bertz CT molecular complexity index is 973. The summed E-state index contributed by atoms with van der Waals surface area (Å²) in [5.41, 5.74) is 4.94. The molecule has 0 amide bonds. The van der Waals surface area contributed by atoms with Crippen LogP contribution >= 0.6 is 0 Å². The zero-order valence-electron chi connectivity index (χ0n) is 15.7. The van der Waals surface area contributed by atoms with Gasteiger partial charge in [-0.05, 0) is 68.9 Å². The van der Waals surface area contributed by atoms with Crippen LogP contribution in [0.4, 0.5) is 0 Å². The van der Waals surface area contributed by atoms with Crippen LogP contribution in [0.1, 0.15) is 49.4 Å². The lowest BCUT2D eigenvalue weighted by Gasteiger charge is -2.41. The van der Waals surface area contributed by atoms with Crippen LogP contribution in [0.3, 0.4) is 0 Å². The Hall–Kier alpha value is -2.40. The fourth-order valence-electron chi connectivity index (χ4n) is 4.14. The SMILES string of the molecule is CCc1cc(C)c(-c2cc3c(C)cn(C4CC(C)(O)C4)c3nn2)c(O)c1. The maximum absolute atomic E-state index is 10.5. The van der Waals surface area contributed by atoms with Gasteiger partial charge in [0.15, 0.2) is 5.65 Å². The highest BCUT2D eigenvalue weighted by Crippen LogP contribution is 2.43. The number of hydrogen-bond acceptors (Lipinski definition) is 4. The smallest absolute Gasteiger partial charge is 0.163 e. The average Bonchev–Trinajstić information content (AvgIpc) is 2.88. The highest BCUT2D eigenvalue weighted by Gasteiger charge is 2.40. The number of aromatic nitrogens is 3. The molecule has 2 heterocycles. The molecule has 2 aromatic heterocycles. The molecule has 2 N–H and O–H groups in total. The van der Waals surface area contributed by atoms with Gasteiger partial charge in [-0.25, -0.2) is 0 Å². The van der Waals surface area contributed by atoms with Crippen molar-refractivity contribution in [3.63, 3.8) is 0 Å². The Kier molecular flexibility index (Phi) is 3.81. The second kappa shape index (κ2) is 5.81. The summed E-state index contributed by atoms with van der Waals surface area (Å²) in [7, 11) is 0. The summed E-state index contributed by atoms with van der Waals surface area (Å²) in [4.78, 5) is 0. The first kappa shape index (κ1) is 17.0. The van der Waals surface area contributed by atoms with Crippen molar-refractivity contribution in [1.29, 1.82) is 0 Å². The summed E-state index contributed by atoms with van der Waals surface area (Å²) < 4.78 is 2.13. The minimum absolute atomic E-state index is 0.252. The largest absolute Gasteiger partial charge is 0.507 e. The quantitative estimate of drug-likeness (QED) is 0.746. The number of benzene rings is 1. The van der Waals surface area contributed by atoms with Gasteiger partial charge < -0.3 is 14.8 Å². The predicted octanol–water partition coefficient (Wildman–Crippen LogP) is 4.07. The summed E-state index contributed by atoms with van der Waals surface area (Å²) in [6, 6.07) is 6.18. The number of fused-ring (bicyclic) bond motifs is 1. The summed E-state index contributed by atoms with van der Waals surface area (Å²) in [5, 5.41) is 30.5. The molecule has 1 aromatic carbocycles. The van der Waals surface area contributed by atoms with Gasteiger partial charge in [0.2, 0.25) is 0 Å². The summed E-state index contributed by atoms with van der Waals surface area (Å²) in [6.07, 6.45) is 4.44. The van der Waals surface area contributed by atoms with E-state index in [1.54, 1.807) is 0 Å². The van der Waals surface area contributed by atoms with Crippen molar-refractivity contribution in [2.75, 3.05) is 0 Å². The van der Waals surface area contributed by atoms with Gasteiger partial charge in [-0.15, -0.1) is 10.2 Å². The summed E-state index contributed by atoms with van der Waals surface area (Å²) in [5.74, 6) is 0.252. The van der Waals surface area contributed by atoms with Crippen LogP contribution in [0, 0.1) is 13.8 Å². The standard InChI is InChI=1S/C21H25N3O2/c1-5-14-6-12(2)19(18(25)7-14)17-8-16-13(3)11-24(20(16)23-22-17)15-9-21(4,26)10-15/h6-8,11,15,25-26H,5,9-10H2,1-4H3. The predicted molar refractivity (Wildman–Crippen MR) is 102 cm³/mol. The minimum Gasteiger partial charge on any atom is -0.507 e. The van der Waals surface area contributed by atoms with Gasteiger partial charge in [0.1, 0.15) is 5.75 Å². The molecule has 0 atom stereocenters. The first-order chi connectivity index (χ1) is 12.3. The van der Waals surface area contributed by atoms with Gasteiger partial charge in [-0.2, -0.15) is 0 Å². The van der Waals surface area contributed by atoms with E-state index in [9.17, 15) is 10.2 Å². The third-order valence-corrected chi connectivity index (χ3v) is 5.56. The topological polar surface area (TPSA) is 71.2 Å². The first-order valence-electron chi connectivity index (χ1n) is 9.19. The Labute approximate surface area is 153 Å². The van der Waals surface area contributed by atoms with Crippen LogP contribution < -0.4 is 0 Å². The molecule has 0 unspecified atom stereocenters.